The fourth-order valence-corrected chi connectivity index (χ4v) is 3.57. The van der Waals surface area contributed by atoms with E-state index >= 15 is 0 Å². The smallest absolute Gasteiger partial charge is 0.329 e. The van der Waals surface area contributed by atoms with Gasteiger partial charge in [0.15, 0.2) is 0 Å². The molecule has 1 fully saturated rings. The van der Waals surface area contributed by atoms with E-state index in [1.54, 1.807) is 0 Å². The minimum Gasteiger partial charge on any atom is -0.480 e. The van der Waals surface area contributed by atoms with Crippen molar-refractivity contribution in [1.82, 2.24) is 9.80 Å². The molecule has 2 aromatic carbocycles. The number of piperazine rings is 1. The van der Waals surface area contributed by atoms with Gasteiger partial charge in [0.1, 0.15) is 6.61 Å². The molecule has 0 atom stereocenters. The highest BCUT2D eigenvalue weighted by atomic mass is 35.5. The number of hydrogen-bond acceptors (Lipinski definition) is 4. The zero-order valence-electron chi connectivity index (χ0n) is 16.5. The molecule has 3 rings (SSSR count). The number of carbonyl (C=O) groups is 1. The molecular formula is C23H27ClN2O3. The second-order valence-corrected chi connectivity index (χ2v) is 7.56. The molecule has 0 spiro atoms. The second-order valence-electron chi connectivity index (χ2n) is 7.12. The van der Waals surface area contributed by atoms with E-state index < -0.39 is 5.97 Å². The average Bonchev–Trinajstić information content (AvgIpc) is 2.73. The van der Waals surface area contributed by atoms with Crippen molar-refractivity contribution in [1.29, 1.82) is 0 Å². The fourth-order valence-electron chi connectivity index (χ4n) is 3.45. The lowest BCUT2D eigenvalue weighted by Gasteiger charge is -2.34. The fraction of sp³-hybridized carbons (Fsp3) is 0.348. The molecule has 1 aliphatic heterocycles. The molecule has 5 nitrogen and oxygen atoms in total. The minimum atomic E-state index is -0.938. The normalized spacial score (nSPS) is 15.8. The summed E-state index contributed by atoms with van der Waals surface area (Å²) in [6.07, 6.45) is 3.94. The van der Waals surface area contributed by atoms with Crippen LogP contribution in [-0.2, 0) is 16.1 Å². The summed E-state index contributed by atoms with van der Waals surface area (Å²) in [5.74, 6) is -0.938. The number of carboxylic acids is 1. The van der Waals surface area contributed by atoms with E-state index in [0.29, 0.717) is 6.61 Å². The van der Waals surface area contributed by atoms with Crippen molar-refractivity contribution in [2.24, 2.45) is 0 Å². The van der Waals surface area contributed by atoms with Gasteiger partial charge in [0.05, 0.1) is 6.61 Å². The molecule has 154 valence electrons. The van der Waals surface area contributed by atoms with Crippen molar-refractivity contribution in [2.45, 2.75) is 6.54 Å². The summed E-state index contributed by atoms with van der Waals surface area (Å²) in [7, 11) is 0. The monoisotopic (exact) mass is 414 g/mol. The molecular weight excluding hydrogens is 388 g/mol. The van der Waals surface area contributed by atoms with Crippen LogP contribution in [0.3, 0.4) is 0 Å². The van der Waals surface area contributed by atoms with E-state index in [4.69, 9.17) is 21.4 Å². The Balaban J connectivity index is 1.47. The molecule has 6 heteroatoms. The van der Waals surface area contributed by atoms with E-state index in [2.05, 4.69) is 46.2 Å². The van der Waals surface area contributed by atoms with E-state index in [9.17, 15) is 4.79 Å². The molecule has 0 saturated carbocycles. The third-order valence-electron chi connectivity index (χ3n) is 5.00. The summed E-state index contributed by atoms with van der Waals surface area (Å²) < 4.78 is 5.00. The predicted molar refractivity (Wildman–Crippen MR) is 116 cm³/mol. The highest BCUT2D eigenvalue weighted by Gasteiger charge is 2.17. The summed E-state index contributed by atoms with van der Waals surface area (Å²) in [5, 5.41) is 9.28. The van der Waals surface area contributed by atoms with Gasteiger partial charge < -0.3 is 9.84 Å². The van der Waals surface area contributed by atoms with Crippen LogP contribution in [0.5, 0.6) is 0 Å². The Morgan fingerprint density at radius 2 is 1.69 bits per heavy atom. The summed E-state index contributed by atoms with van der Waals surface area (Å²) in [6.45, 7) is 5.98. The third-order valence-corrected chi connectivity index (χ3v) is 5.25. The SMILES string of the molecule is O=C(O)COCC=CCN1CCN(Cc2ccccc2-c2ccc(Cl)cc2)CC1. The van der Waals surface area contributed by atoms with Crippen LogP contribution in [0.2, 0.25) is 5.02 Å². The molecule has 1 heterocycles. The first-order chi connectivity index (χ1) is 14.1. The van der Waals surface area contributed by atoms with Crippen molar-refractivity contribution in [3.8, 4) is 11.1 Å². The molecule has 29 heavy (non-hydrogen) atoms. The van der Waals surface area contributed by atoms with Crippen LogP contribution >= 0.6 is 11.6 Å². The summed E-state index contributed by atoms with van der Waals surface area (Å²) in [6, 6.07) is 16.6. The Morgan fingerprint density at radius 3 is 2.41 bits per heavy atom. The van der Waals surface area contributed by atoms with Crippen molar-refractivity contribution in [3.63, 3.8) is 0 Å². The molecule has 1 aliphatic rings. The van der Waals surface area contributed by atoms with E-state index in [0.717, 1.165) is 44.3 Å². The second kappa shape index (κ2) is 11.1. The van der Waals surface area contributed by atoms with E-state index in [1.807, 2.05) is 24.3 Å². The number of halogens is 1. The Morgan fingerprint density at radius 1 is 1.00 bits per heavy atom. The molecule has 1 saturated heterocycles. The molecule has 1 N–H and O–H groups in total. The van der Waals surface area contributed by atoms with Crippen molar-refractivity contribution >= 4 is 17.6 Å². The van der Waals surface area contributed by atoms with Crippen molar-refractivity contribution in [3.05, 3.63) is 71.3 Å². The number of hydrogen-bond donors (Lipinski definition) is 1. The number of aliphatic carboxylic acids is 1. The summed E-state index contributed by atoms with van der Waals surface area (Å²) in [5.41, 5.74) is 3.79. The quantitative estimate of drug-likeness (QED) is 0.500. The van der Waals surface area contributed by atoms with Crippen LogP contribution in [0.4, 0.5) is 0 Å². The molecule has 2 aromatic rings. The topological polar surface area (TPSA) is 53.0 Å². The number of benzene rings is 2. The third kappa shape index (κ3) is 6.98. The van der Waals surface area contributed by atoms with Gasteiger partial charge in [-0.2, -0.15) is 0 Å². The Labute approximate surface area is 177 Å². The standard InChI is InChI=1S/C23H27ClN2O3/c24-21-9-7-19(8-10-21)22-6-2-1-5-20(22)17-26-14-12-25(13-15-26)11-3-4-16-29-18-23(27)28/h1-10H,11-18H2,(H,27,28). The van der Waals surface area contributed by atoms with Crippen LogP contribution < -0.4 is 0 Å². The molecule has 0 aromatic heterocycles. The van der Waals surface area contributed by atoms with Gasteiger partial charge in [0.2, 0.25) is 0 Å². The van der Waals surface area contributed by atoms with E-state index in [1.165, 1.54) is 16.7 Å². The Hall–Kier alpha value is -2.18. The maximum atomic E-state index is 10.4. The number of ether oxygens (including phenoxy) is 1. The van der Waals surface area contributed by atoms with Crippen LogP contribution in [0.15, 0.2) is 60.7 Å². The van der Waals surface area contributed by atoms with Crippen LogP contribution in [0.25, 0.3) is 11.1 Å². The van der Waals surface area contributed by atoms with Crippen LogP contribution in [0, 0.1) is 0 Å². The van der Waals surface area contributed by atoms with Gasteiger partial charge in [-0.1, -0.05) is 60.2 Å². The molecule has 0 aliphatic carbocycles. The van der Waals surface area contributed by atoms with Gasteiger partial charge in [-0.3, -0.25) is 9.80 Å². The summed E-state index contributed by atoms with van der Waals surface area (Å²) in [4.78, 5) is 15.3. The Kier molecular flexibility index (Phi) is 8.25. The molecule has 0 bridgehead atoms. The average molecular weight is 415 g/mol. The first kappa shape index (κ1) is 21.5. The van der Waals surface area contributed by atoms with Gasteiger partial charge in [0, 0.05) is 44.3 Å². The molecule has 0 unspecified atom stereocenters. The zero-order valence-corrected chi connectivity index (χ0v) is 17.2. The Bertz CT molecular complexity index is 815. The van der Waals surface area contributed by atoms with Crippen molar-refractivity contribution < 1.29 is 14.6 Å². The largest absolute Gasteiger partial charge is 0.480 e. The lowest BCUT2D eigenvalue weighted by atomic mass is 9.99. The lowest BCUT2D eigenvalue weighted by molar-refractivity contribution is -0.141. The number of carboxylic acid groups (broad SMARTS) is 1. The predicted octanol–water partition coefficient (Wildman–Crippen LogP) is 3.78. The molecule has 0 amide bonds. The molecule has 0 radical (unpaired) electrons. The van der Waals surface area contributed by atoms with Gasteiger partial charge in [-0.15, -0.1) is 0 Å². The van der Waals surface area contributed by atoms with Gasteiger partial charge in [0.25, 0.3) is 0 Å². The zero-order chi connectivity index (χ0) is 20.5. The van der Waals surface area contributed by atoms with Crippen LogP contribution in [0.1, 0.15) is 5.56 Å². The van der Waals surface area contributed by atoms with Crippen molar-refractivity contribution in [2.75, 3.05) is 45.9 Å². The highest BCUT2D eigenvalue weighted by Crippen LogP contribution is 2.26. The lowest BCUT2D eigenvalue weighted by Crippen LogP contribution is -2.45. The van der Waals surface area contributed by atoms with E-state index in [-0.39, 0.29) is 6.61 Å². The number of rotatable bonds is 9. The van der Waals surface area contributed by atoms with Gasteiger partial charge in [-0.25, -0.2) is 4.79 Å². The van der Waals surface area contributed by atoms with Gasteiger partial charge in [-0.05, 0) is 28.8 Å². The van der Waals surface area contributed by atoms with Crippen LogP contribution in [-0.4, -0.2) is 66.8 Å². The highest BCUT2D eigenvalue weighted by molar-refractivity contribution is 6.30. The minimum absolute atomic E-state index is 0.249. The maximum absolute atomic E-state index is 10.4. The maximum Gasteiger partial charge on any atom is 0.329 e. The summed E-state index contributed by atoms with van der Waals surface area (Å²) >= 11 is 6.03. The van der Waals surface area contributed by atoms with Gasteiger partial charge >= 0.3 is 5.97 Å². The first-order valence-electron chi connectivity index (χ1n) is 9.85. The first-order valence-corrected chi connectivity index (χ1v) is 10.2. The number of nitrogens with zero attached hydrogens (tertiary/aromatic N) is 2.